The van der Waals surface area contributed by atoms with Gasteiger partial charge in [0.05, 0.1) is 0 Å². The smallest absolute Gasteiger partial charge is 0.220 e. The first-order valence-corrected chi connectivity index (χ1v) is 8.07. The Balaban J connectivity index is 1.65. The van der Waals surface area contributed by atoms with Gasteiger partial charge >= 0.3 is 0 Å². The normalized spacial score (nSPS) is 15.9. The third kappa shape index (κ3) is 5.84. The highest BCUT2D eigenvalue weighted by atomic mass is 16.1. The largest absolute Gasteiger partial charge is 0.352 e. The molecule has 4 nitrogen and oxygen atoms in total. The highest BCUT2D eigenvalue weighted by molar-refractivity contribution is 5.75. The summed E-state index contributed by atoms with van der Waals surface area (Å²) in [5.41, 5.74) is 3.14. The van der Waals surface area contributed by atoms with E-state index in [0.29, 0.717) is 13.0 Å². The Hall–Kier alpha value is -1.42. The lowest BCUT2D eigenvalue weighted by molar-refractivity contribution is -0.121. The van der Waals surface area contributed by atoms with Crippen LogP contribution in [-0.4, -0.2) is 35.4 Å². The summed E-state index contributed by atoms with van der Waals surface area (Å²) in [7, 11) is 0. The Morgan fingerprint density at radius 3 is 2.52 bits per heavy atom. The molecule has 1 fully saturated rings. The van der Waals surface area contributed by atoms with Crippen LogP contribution in [0.4, 0.5) is 0 Å². The summed E-state index contributed by atoms with van der Waals surface area (Å²) in [6, 6.07) is 4.06. The Morgan fingerprint density at radius 1 is 1.19 bits per heavy atom. The Bertz CT molecular complexity index is 447. The van der Waals surface area contributed by atoms with Gasteiger partial charge in [-0.15, -0.1) is 0 Å². The minimum absolute atomic E-state index is 0.152. The van der Waals surface area contributed by atoms with Crippen LogP contribution in [0.1, 0.15) is 49.1 Å². The number of nitrogens with zero attached hydrogens (tertiary/aromatic N) is 2. The number of pyridine rings is 1. The molecule has 0 radical (unpaired) electrons. The van der Waals surface area contributed by atoms with E-state index in [1.165, 1.54) is 32.4 Å². The molecule has 116 valence electrons. The van der Waals surface area contributed by atoms with Gasteiger partial charge in [-0.1, -0.05) is 6.42 Å². The van der Waals surface area contributed by atoms with Crippen molar-refractivity contribution in [1.82, 2.24) is 15.2 Å². The first kappa shape index (κ1) is 16.0. The summed E-state index contributed by atoms with van der Waals surface area (Å²) < 4.78 is 0. The maximum absolute atomic E-state index is 11.9. The van der Waals surface area contributed by atoms with Gasteiger partial charge in [-0.05, 0) is 70.4 Å². The fourth-order valence-electron chi connectivity index (χ4n) is 2.96. The summed E-state index contributed by atoms with van der Waals surface area (Å²) in [6.45, 7) is 8.04. The van der Waals surface area contributed by atoms with E-state index in [1.54, 1.807) is 0 Å². The van der Waals surface area contributed by atoms with Crippen molar-refractivity contribution in [2.45, 2.75) is 52.5 Å². The van der Waals surface area contributed by atoms with Crippen LogP contribution in [0, 0.1) is 13.8 Å². The highest BCUT2D eigenvalue weighted by Gasteiger charge is 2.10. The summed E-state index contributed by atoms with van der Waals surface area (Å²) in [5, 5.41) is 3.01. The Kier molecular flexibility index (Phi) is 6.18. The van der Waals surface area contributed by atoms with Crippen LogP contribution in [-0.2, 0) is 11.3 Å². The third-order valence-electron chi connectivity index (χ3n) is 3.96. The molecule has 1 aromatic rings. The first-order chi connectivity index (χ1) is 10.1. The number of likely N-dealkylation sites (tertiary alicyclic amines) is 1. The van der Waals surface area contributed by atoms with Gasteiger partial charge in [-0.2, -0.15) is 0 Å². The first-order valence-electron chi connectivity index (χ1n) is 8.07. The second-order valence-corrected chi connectivity index (χ2v) is 6.04. The Morgan fingerprint density at radius 2 is 1.86 bits per heavy atom. The maximum atomic E-state index is 11.9. The number of carbonyl (C=O) groups excluding carboxylic acids is 1. The fraction of sp³-hybridized carbons (Fsp3) is 0.647. The molecule has 1 aliphatic rings. The average Bonchev–Trinajstić information content (AvgIpc) is 2.45. The predicted molar refractivity (Wildman–Crippen MR) is 85.1 cm³/mol. The van der Waals surface area contributed by atoms with Crippen molar-refractivity contribution < 1.29 is 4.79 Å². The minimum atomic E-state index is 0.152. The monoisotopic (exact) mass is 289 g/mol. The van der Waals surface area contributed by atoms with Crippen molar-refractivity contribution >= 4 is 5.91 Å². The van der Waals surface area contributed by atoms with Gasteiger partial charge in [0.1, 0.15) is 0 Å². The number of piperidine rings is 1. The van der Waals surface area contributed by atoms with Gasteiger partial charge in [0.25, 0.3) is 0 Å². The van der Waals surface area contributed by atoms with E-state index >= 15 is 0 Å². The zero-order valence-electron chi connectivity index (χ0n) is 13.3. The molecule has 0 atom stereocenters. The van der Waals surface area contributed by atoms with Gasteiger partial charge in [-0.25, -0.2) is 0 Å². The molecular weight excluding hydrogens is 262 g/mol. The number of amides is 1. The van der Waals surface area contributed by atoms with Crippen LogP contribution in [0.5, 0.6) is 0 Å². The highest BCUT2D eigenvalue weighted by Crippen LogP contribution is 2.09. The van der Waals surface area contributed by atoms with E-state index in [0.717, 1.165) is 29.9 Å². The molecule has 0 unspecified atom stereocenters. The lowest BCUT2D eigenvalue weighted by atomic mass is 10.1. The van der Waals surface area contributed by atoms with E-state index in [2.05, 4.69) is 15.2 Å². The lowest BCUT2D eigenvalue weighted by Crippen LogP contribution is -2.31. The van der Waals surface area contributed by atoms with E-state index in [9.17, 15) is 4.79 Å². The summed E-state index contributed by atoms with van der Waals surface area (Å²) in [6.07, 6.45) is 5.57. The number of hydrogen-bond donors (Lipinski definition) is 1. The molecule has 1 N–H and O–H groups in total. The standard InChI is InChI=1S/C17H27N3O/c1-14-11-16(12-15(2)19-14)13-18-17(21)7-6-10-20-8-4-3-5-9-20/h11-12H,3-10,13H2,1-2H3,(H,18,21). The molecule has 21 heavy (non-hydrogen) atoms. The molecule has 0 aliphatic carbocycles. The zero-order chi connectivity index (χ0) is 15.1. The molecule has 1 amide bonds. The van der Waals surface area contributed by atoms with Crippen LogP contribution in [0.2, 0.25) is 0 Å². The van der Waals surface area contributed by atoms with Crippen LogP contribution in [0.25, 0.3) is 0 Å². The number of aryl methyl sites for hydroxylation is 2. The molecule has 1 aromatic heterocycles. The van der Waals surface area contributed by atoms with E-state index in [4.69, 9.17) is 0 Å². The second-order valence-electron chi connectivity index (χ2n) is 6.04. The lowest BCUT2D eigenvalue weighted by Gasteiger charge is -2.26. The summed E-state index contributed by atoms with van der Waals surface area (Å²) >= 11 is 0. The molecule has 1 saturated heterocycles. The van der Waals surface area contributed by atoms with Crippen LogP contribution < -0.4 is 5.32 Å². The van der Waals surface area contributed by atoms with Crippen LogP contribution in [0.15, 0.2) is 12.1 Å². The van der Waals surface area contributed by atoms with Crippen molar-refractivity contribution in [3.63, 3.8) is 0 Å². The quantitative estimate of drug-likeness (QED) is 0.875. The third-order valence-corrected chi connectivity index (χ3v) is 3.96. The SMILES string of the molecule is Cc1cc(CNC(=O)CCCN2CCCCC2)cc(C)n1. The molecule has 0 aromatic carbocycles. The van der Waals surface area contributed by atoms with Gasteiger partial charge in [0.15, 0.2) is 0 Å². The molecule has 0 bridgehead atoms. The van der Waals surface area contributed by atoms with E-state index < -0.39 is 0 Å². The predicted octanol–water partition coefficient (Wildman–Crippen LogP) is 2.58. The van der Waals surface area contributed by atoms with Crippen molar-refractivity contribution in [3.8, 4) is 0 Å². The van der Waals surface area contributed by atoms with Crippen LogP contribution in [0.3, 0.4) is 0 Å². The maximum Gasteiger partial charge on any atom is 0.220 e. The summed E-state index contributed by atoms with van der Waals surface area (Å²) in [5.74, 6) is 0.152. The van der Waals surface area contributed by atoms with Gasteiger partial charge in [0.2, 0.25) is 5.91 Å². The van der Waals surface area contributed by atoms with Gasteiger partial charge in [0, 0.05) is 24.4 Å². The van der Waals surface area contributed by atoms with E-state index in [-0.39, 0.29) is 5.91 Å². The minimum Gasteiger partial charge on any atom is -0.352 e. The fourth-order valence-corrected chi connectivity index (χ4v) is 2.96. The molecule has 2 heterocycles. The summed E-state index contributed by atoms with van der Waals surface area (Å²) in [4.78, 5) is 18.7. The number of hydrogen-bond acceptors (Lipinski definition) is 3. The van der Waals surface area contributed by atoms with Gasteiger partial charge in [-0.3, -0.25) is 9.78 Å². The van der Waals surface area contributed by atoms with Crippen LogP contribution >= 0.6 is 0 Å². The second kappa shape index (κ2) is 8.13. The molecule has 0 spiro atoms. The van der Waals surface area contributed by atoms with E-state index in [1.807, 2.05) is 26.0 Å². The number of carbonyl (C=O) groups is 1. The van der Waals surface area contributed by atoms with Crippen molar-refractivity contribution in [2.24, 2.45) is 0 Å². The topological polar surface area (TPSA) is 45.2 Å². The molecule has 4 heteroatoms. The molecular formula is C17H27N3O. The van der Waals surface area contributed by atoms with Crippen molar-refractivity contribution in [3.05, 3.63) is 29.1 Å². The molecule has 1 aliphatic heterocycles. The number of aromatic nitrogens is 1. The zero-order valence-corrected chi connectivity index (χ0v) is 13.3. The number of rotatable bonds is 6. The van der Waals surface area contributed by atoms with Crippen molar-refractivity contribution in [2.75, 3.05) is 19.6 Å². The molecule has 0 saturated carbocycles. The molecule has 2 rings (SSSR count). The number of nitrogens with one attached hydrogen (secondary N) is 1. The van der Waals surface area contributed by atoms with Crippen molar-refractivity contribution in [1.29, 1.82) is 0 Å². The Labute approximate surface area is 127 Å². The van der Waals surface area contributed by atoms with Gasteiger partial charge < -0.3 is 10.2 Å². The average molecular weight is 289 g/mol.